The van der Waals surface area contributed by atoms with E-state index in [0.717, 1.165) is 0 Å². The van der Waals surface area contributed by atoms with Gasteiger partial charge in [-0.15, -0.1) is 0 Å². The van der Waals surface area contributed by atoms with Gasteiger partial charge in [-0.05, 0) is 77.0 Å². The summed E-state index contributed by atoms with van der Waals surface area (Å²) < 4.78 is 16.8. The summed E-state index contributed by atoms with van der Waals surface area (Å²) in [6.45, 7) is 2.06. The first-order valence-corrected chi connectivity index (χ1v) is 11.6. The van der Waals surface area contributed by atoms with Crippen LogP contribution < -0.4 is 9.47 Å². The number of carbonyl (C=O) groups excluding carboxylic acids is 2. The van der Waals surface area contributed by atoms with Gasteiger partial charge in [-0.2, -0.15) is 0 Å². The van der Waals surface area contributed by atoms with Crippen molar-refractivity contribution in [2.45, 2.75) is 6.92 Å². The Hall–Kier alpha value is -4.02. The Balaban J connectivity index is 1.64. The van der Waals surface area contributed by atoms with E-state index < -0.39 is 16.9 Å². The maximum Gasteiger partial charge on any atom is 0.363 e. The molecule has 1 aliphatic rings. The molecule has 0 amide bonds. The number of ether oxygens (including phenoxy) is 3. The zero-order valence-electron chi connectivity index (χ0n) is 18.6. The number of esters is 2. The van der Waals surface area contributed by atoms with Crippen LogP contribution in [0.15, 0.2) is 75.8 Å². The Morgan fingerprint density at radius 2 is 1.94 bits per heavy atom. The van der Waals surface area contributed by atoms with Crippen molar-refractivity contribution in [2.75, 3.05) is 6.61 Å². The number of cyclic esters (lactones) is 1. The summed E-state index contributed by atoms with van der Waals surface area (Å²) >= 11 is 9.27. The highest BCUT2D eigenvalue weighted by molar-refractivity contribution is 9.10. The lowest BCUT2D eigenvalue weighted by molar-refractivity contribution is -0.384. The number of nitro benzene ring substituents is 1. The van der Waals surface area contributed by atoms with E-state index in [1.165, 1.54) is 24.3 Å². The predicted molar refractivity (Wildman–Crippen MR) is 135 cm³/mol. The fraction of sp³-hybridized carbons (Fsp3) is 0.0800. The minimum atomic E-state index is -0.719. The van der Waals surface area contributed by atoms with Crippen LogP contribution in [0.2, 0.25) is 5.02 Å². The molecule has 4 rings (SSSR count). The molecule has 11 heteroatoms. The number of nitro groups is 1. The summed E-state index contributed by atoms with van der Waals surface area (Å²) in [5.74, 6) is -0.953. The molecule has 0 bridgehead atoms. The predicted octanol–water partition coefficient (Wildman–Crippen LogP) is 5.97. The van der Waals surface area contributed by atoms with Gasteiger partial charge in [-0.25, -0.2) is 14.6 Å². The molecule has 0 atom stereocenters. The van der Waals surface area contributed by atoms with Gasteiger partial charge in [0.15, 0.2) is 17.2 Å². The topological polar surface area (TPSA) is 117 Å². The third-order valence-electron chi connectivity index (χ3n) is 4.83. The molecular weight excluding hydrogens is 556 g/mol. The van der Waals surface area contributed by atoms with Crippen LogP contribution in [0, 0.1) is 10.1 Å². The Bertz CT molecular complexity index is 1430. The van der Waals surface area contributed by atoms with Crippen LogP contribution in [-0.4, -0.2) is 29.4 Å². The molecule has 3 aromatic carbocycles. The standard InChI is InChI=1S/C25H16BrClN2O7/c1-2-34-21-12-14(10-19(26)22(21)35-24(30)15-6-8-17(27)9-7-15)11-20-25(31)36-23(28-20)16-4-3-5-18(13-16)29(32)33/h3-13H,2H2,1H3/b20-11-. The second-order valence-electron chi connectivity index (χ2n) is 7.30. The van der Waals surface area contributed by atoms with Gasteiger partial charge in [0.2, 0.25) is 5.90 Å². The van der Waals surface area contributed by atoms with Crippen LogP contribution in [0.3, 0.4) is 0 Å². The first kappa shape index (κ1) is 25.1. The Labute approximate surface area is 218 Å². The monoisotopic (exact) mass is 570 g/mol. The summed E-state index contributed by atoms with van der Waals surface area (Å²) in [6.07, 6.45) is 1.46. The van der Waals surface area contributed by atoms with Crippen LogP contribution in [0.1, 0.15) is 28.4 Å². The van der Waals surface area contributed by atoms with Gasteiger partial charge < -0.3 is 14.2 Å². The molecular formula is C25H16BrClN2O7. The van der Waals surface area contributed by atoms with Crippen molar-refractivity contribution in [2.24, 2.45) is 4.99 Å². The van der Waals surface area contributed by atoms with E-state index in [-0.39, 0.29) is 35.4 Å². The highest BCUT2D eigenvalue weighted by atomic mass is 79.9. The fourth-order valence-electron chi connectivity index (χ4n) is 3.21. The number of hydrogen-bond donors (Lipinski definition) is 0. The lowest BCUT2D eigenvalue weighted by atomic mass is 10.1. The van der Waals surface area contributed by atoms with Gasteiger partial charge in [0.05, 0.1) is 21.6 Å². The van der Waals surface area contributed by atoms with Crippen molar-refractivity contribution < 1.29 is 28.7 Å². The zero-order valence-corrected chi connectivity index (χ0v) is 20.9. The summed E-state index contributed by atoms with van der Waals surface area (Å²) in [5.41, 5.74) is 0.931. The van der Waals surface area contributed by atoms with Crippen molar-refractivity contribution in [3.63, 3.8) is 0 Å². The minimum Gasteiger partial charge on any atom is -0.490 e. The lowest BCUT2D eigenvalue weighted by Gasteiger charge is -2.13. The number of hydrogen-bond acceptors (Lipinski definition) is 8. The van der Waals surface area contributed by atoms with Crippen molar-refractivity contribution >= 4 is 57.1 Å². The van der Waals surface area contributed by atoms with Crippen molar-refractivity contribution in [3.05, 3.63) is 103 Å². The molecule has 0 saturated carbocycles. The maximum atomic E-state index is 12.6. The number of carbonyl (C=O) groups is 2. The molecule has 0 aromatic heterocycles. The van der Waals surface area contributed by atoms with E-state index in [4.69, 9.17) is 25.8 Å². The quantitative estimate of drug-likeness (QED) is 0.113. The normalized spacial score (nSPS) is 13.8. The van der Waals surface area contributed by atoms with E-state index in [2.05, 4.69) is 20.9 Å². The SMILES string of the molecule is CCOc1cc(/C=C2\N=C(c3cccc([N+](=O)[O-])c3)OC2=O)cc(Br)c1OC(=O)c1ccc(Cl)cc1. The molecule has 1 heterocycles. The lowest BCUT2D eigenvalue weighted by Crippen LogP contribution is -2.10. The number of nitrogens with zero attached hydrogens (tertiary/aromatic N) is 2. The van der Waals surface area contributed by atoms with Crippen LogP contribution in [0.5, 0.6) is 11.5 Å². The molecule has 0 N–H and O–H groups in total. The number of halogens is 2. The molecule has 0 unspecified atom stereocenters. The van der Waals surface area contributed by atoms with Gasteiger partial charge >= 0.3 is 11.9 Å². The van der Waals surface area contributed by atoms with E-state index in [0.29, 0.717) is 26.2 Å². The molecule has 1 aliphatic heterocycles. The molecule has 36 heavy (non-hydrogen) atoms. The molecule has 3 aromatic rings. The van der Waals surface area contributed by atoms with Crippen molar-refractivity contribution in [1.29, 1.82) is 0 Å². The molecule has 0 saturated heterocycles. The smallest absolute Gasteiger partial charge is 0.363 e. The molecule has 0 spiro atoms. The number of non-ortho nitro benzene ring substituents is 1. The Morgan fingerprint density at radius 1 is 1.19 bits per heavy atom. The van der Waals surface area contributed by atoms with Crippen LogP contribution in [0.4, 0.5) is 5.69 Å². The molecule has 182 valence electrons. The first-order chi connectivity index (χ1) is 17.2. The maximum absolute atomic E-state index is 12.6. The van der Waals surface area contributed by atoms with E-state index in [1.54, 1.807) is 49.4 Å². The summed E-state index contributed by atoms with van der Waals surface area (Å²) in [6, 6.07) is 15.1. The zero-order chi connectivity index (χ0) is 25.8. The van der Waals surface area contributed by atoms with Crippen LogP contribution >= 0.6 is 27.5 Å². The fourth-order valence-corrected chi connectivity index (χ4v) is 3.88. The Morgan fingerprint density at radius 3 is 2.64 bits per heavy atom. The third-order valence-corrected chi connectivity index (χ3v) is 5.68. The van der Waals surface area contributed by atoms with Gasteiger partial charge in [-0.1, -0.05) is 17.7 Å². The van der Waals surface area contributed by atoms with Crippen LogP contribution in [-0.2, 0) is 9.53 Å². The summed E-state index contributed by atoms with van der Waals surface area (Å²) in [4.78, 5) is 39.7. The molecule has 0 aliphatic carbocycles. The number of benzene rings is 3. The van der Waals surface area contributed by atoms with Gasteiger partial charge in [-0.3, -0.25) is 10.1 Å². The first-order valence-electron chi connectivity index (χ1n) is 10.5. The van der Waals surface area contributed by atoms with Crippen molar-refractivity contribution in [1.82, 2.24) is 0 Å². The minimum absolute atomic E-state index is 0.0169. The van der Waals surface area contributed by atoms with Crippen molar-refractivity contribution in [3.8, 4) is 11.5 Å². The average Bonchev–Trinajstić information content (AvgIpc) is 3.22. The largest absolute Gasteiger partial charge is 0.490 e. The van der Waals surface area contributed by atoms with Gasteiger partial charge in [0.25, 0.3) is 5.69 Å². The Kier molecular flexibility index (Phi) is 7.47. The molecule has 0 radical (unpaired) electrons. The number of rotatable bonds is 7. The highest BCUT2D eigenvalue weighted by Crippen LogP contribution is 2.38. The summed E-state index contributed by atoms with van der Waals surface area (Å²) in [7, 11) is 0. The highest BCUT2D eigenvalue weighted by Gasteiger charge is 2.26. The summed E-state index contributed by atoms with van der Waals surface area (Å²) in [5, 5.41) is 11.5. The van der Waals surface area contributed by atoms with Crippen LogP contribution in [0.25, 0.3) is 6.08 Å². The average molecular weight is 572 g/mol. The van der Waals surface area contributed by atoms with E-state index in [1.807, 2.05) is 0 Å². The second-order valence-corrected chi connectivity index (χ2v) is 8.59. The van der Waals surface area contributed by atoms with E-state index in [9.17, 15) is 19.7 Å². The molecule has 0 fully saturated rings. The third kappa shape index (κ3) is 5.61. The van der Waals surface area contributed by atoms with Gasteiger partial charge in [0.1, 0.15) is 0 Å². The molecule has 9 nitrogen and oxygen atoms in total. The number of aliphatic imine (C=N–C) groups is 1. The van der Waals surface area contributed by atoms with Gasteiger partial charge in [0, 0.05) is 22.7 Å². The van der Waals surface area contributed by atoms with E-state index >= 15 is 0 Å². The second kappa shape index (κ2) is 10.7.